The lowest BCUT2D eigenvalue weighted by atomic mass is 9.94. The Morgan fingerprint density at radius 1 is 0.966 bits per heavy atom. The fourth-order valence-electron chi connectivity index (χ4n) is 4.02. The van der Waals surface area contributed by atoms with Crippen molar-refractivity contribution in [3.63, 3.8) is 0 Å². The van der Waals surface area contributed by atoms with Crippen LogP contribution in [0.4, 0.5) is 0 Å². The van der Waals surface area contributed by atoms with E-state index in [-0.39, 0.29) is 5.91 Å². The Morgan fingerprint density at radius 2 is 1.69 bits per heavy atom. The van der Waals surface area contributed by atoms with Gasteiger partial charge in [0.25, 0.3) is 5.91 Å². The standard InChI is InChI=1S/C26H26N2O/c1-5-19-8-7-9-20(6-2)25(19)23-15-21-12-13-28(24(21)16-27-23)26(29)22-14-17(3)10-11-18(22)4/h7-16H,5-6H2,1-4H3. The van der Waals surface area contributed by atoms with Crippen molar-refractivity contribution in [1.82, 2.24) is 9.55 Å². The Hall–Kier alpha value is -3.20. The van der Waals surface area contributed by atoms with Gasteiger partial charge in [0, 0.05) is 22.7 Å². The van der Waals surface area contributed by atoms with Gasteiger partial charge < -0.3 is 0 Å². The summed E-state index contributed by atoms with van der Waals surface area (Å²) in [5.74, 6) is -0.0149. The summed E-state index contributed by atoms with van der Waals surface area (Å²) in [6.45, 7) is 8.34. The number of nitrogens with zero attached hydrogens (tertiary/aromatic N) is 2. The number of carbonyl (C=O) groups excluding carboxylic acids is 1. The van der Waals surface area contributed by atoms with Gasteiger partial charge in [-0.15, -0.1) is 0 Å². The molecule has 0 amide bonds. The van der Waals surface area contributed by atoms with E-state index in [0.29, 0.717) is 0 Å². The molecule has 2 aromatic heterocycles. The molecule has 29 heavy (non-hydrogen) atoms. The lowest BCUT2D eigenvalue weighted by Gasteiger charge is -2.13. The summed E-state index contributed by atoms with van der Waals surface area (Å²) in [4.78, 5) is 18.0. The maximum atomic E-state index is 13.2. The third-order valence-electron chi connectivity index (χ3n) is 5.67. The Labute approximate surface area is 172 Å². The third-order valence-corrected chi connectivity index (χ3v) is 5.67. The molecule has 3 nitrogen and oxygen atoms in total. The molecular weight excluding hydrogens is 356 g/mol. The van der Waals surface area contributed by atoms with Crippen LogP contribution in [-0.2, 0) is 12.8 Å². The molecule has 4 rings (SSSR count). The van der Waals surface area contributed by atoms with Crippen LogP contribution in [0, 0.1) is 13.8 Å². The summed E-state index contributed by atoms with van der Waals surface area (Å²) in [7, 11) is 0. The van der Waals surface area contributed by atoms with Crippen molar-refractivity contribution in [1.29, 1.82) is 0 Å². The molecule has 0 radical (unpaired) electrons. The molecule has 2 heterocycles. The lowest BCUT2D eigenvalue weighted by Crippen LogP contribution is -2.12. The average Bonchev–Trinajstić information content (AvgIpc) is 3.17. The smallest absolute Gasteiger partial charge is 0.262 e. The quantitative estimate of drug-likeness (QED) is 0.425. The number of rotatable bonds is 4. The highest BCUT2D eigenvalue weighted by atomic mass is 16.2. The van der Waals surface area contributed by atoms with E-state index < -0.39 is 0 Å². The molecule has 2 aromatic carbocycles. The monoisotopic (exact) mass is 382 g/mol. The highest BCUT2D eigenvalue weighted by Crippen LogP contribution is 2.30. The topological polar surface area (TPSA) is 34.9 Å². The van der Waals surface area contributed by atoms with Gasteiger partial charge in [0.05, 0.1) is 17.4 Å². The first-order valence-corrected chi connectivity index (χ1v) is 10.2. The molecule has 0 saturated carbocycles. The Kier molecular flexibility index (Phi) is 5.06. The molecule has 3 heteroatoms. The zero-order chi connectivity index (χ0) is 20.5. The normalized spacial score (nSPS) is 11.2. The van der Waals surface area contributed by atoms with Gasteiger partial charge in [0.1, 0.15) is 0 Å². The summed E-state index contributed by atoms with van der Waals surface area (Å²) in [6, 6.07) is 16.6. The van der Waals surface area contributed by atoms with Crippen molar-refractivity contribution in [2.45, 2.75) is 40.5 Å². The molecule has 0 aliphatic heterocycles. The number of benzene rings is 2. The second-order valence-electron chi connectivity index (χ2n) is 7.60. The van der Waals surface area contributed by atoms with Crippen molar-refractivity contribution in [3.05, 3.63) is 88.7 Å². The van der Waals surface area contributed by atoms with Gasteiger partial charge in [-0.1, -0.05) is 49.7 Å². The fourth-order valence-corrected chi connectivity index (χ4v) is 4.02. The van der Waals surface area contributed by atoms with E-state index in [2.05, 4.69) is 38.1 Å². The van der Waals surface area contributed by atoms with Gasteiger partial charge in [-0.05, 0) is 61.6 Å². The molecule has 0 fully saturated rings. The van der Waals surface area contributed by atoms with Crippen molar-refractivity contribution in [2.75, 3.05) is 0 Å². The maximum Gasteiger partial charge on any atom is 0.262 e. The Bertz CT molecular complexity index is 1190. The number of aryl methyl sites for hydroxylation is 4. The maximum absolute atomic E-state index is 13.2. The van der Waals surface area contributed by atoms with Crippen LogP contribution >= 0.6 is 0 Å². The third kappa shape index (κ3) is 3.38. The predicted octanol–water partition coefficient (Wildman–Crippen LogP) is 6.13. The van der Waals surface area contributed by atoms with Crippen LogP contribution in [0.2, 0.25) is 0 Å². The van der Waals surface area contributed by atoms with Gasteiger partial charge in [-0.25, -0.2) is 0 Å². The van der Waals surface area contributed by atoms with Gasteiger partial charge in [0.2, 0.25) is 0 Å². The SMILES string of the molecule is CCc1cccc(CC)c1-c1cc2ccn(C(=O)c3cc(C)ccc3C)c2cn1. The van der Waals surface area contributed by atoms with E-state index >= 15 is 0 Å². The molecule has 4 aromatic rings. The van der Waals surface area contributed by atoms with Crippen LogP contribution in [0.15, 0.2) is 60.9 Å². The summed E-state index contributed by atoms with van der Waals surface area (Å²) >= 11 is 0. The second kappa shape index (κ2) is 7.67. The van der Waals surface area contributed by atoms with E-state index in [0.717, 1.165) is 46.1 Å². The minimum Gasteiger partial charge on any atom is -0.282 e. The summed E-state index contributed by atoms with van der Waals surface area (Å²) in [6.07, 6.45) is 5.62. The zero-order valence-corrected chi connectivity index (χ0v) is 17.5. The van der Waals surface area contributed by atoms with Crippen LogP contribution in [0.1, 0.15) is 46.5 Å². The van der Waals surface area contributed by atoms with Gasteiger partial charge in [-0.3, -0.25) is 14.3 Å². The van der Waals surface area contributed by atoms with Crippen molar-refractivity contribution >= 4 is 16.8 Å². The highest BCUT2D eigenvalue weighted by molar-refractivity contribution is 6.03. The number of carbonyl (C=O) groups is 1. The minimum absolute atomic E-state index is 0.0149. The van der Waals surface area contributed by atoms with Crippen molar-refractivity contribution < 1.29 is 4.79 Å². The fraction of sp³-hybridized carbons (Fsp3) is 0.231. The van der Waals surface area contributed by atoms with Crippen molar-refractivity contribution in [3.8, 4) is 11.3 Å². The molecule has 0 saturated heterocycles. The Morgan fingerprint density at radius 3 is 2.38 bits per heavy atom. The molecule has 0 atom stereocenters. The largest absolute Gasteiger partial charge is 0.282 e. The van der Waals surface area contributed by atoms with E-state index in [1.165, 1.54) is 16.7 Å². The number of fused-ring (bicyclic) bond motifs is 1. The molecule has 0 unspecified atom stereocenters. The first kappa shape index (κ1) is 19.1. The molecular formula is C26H26N2O. The molecule has 0 spiro atoms. The summed E-state index contributed by atoms with van der Waals surface area (Å²) < 4.78 is 1.71. The molecule has 146 valence electrons. The van der Waals surface area contributed by atoms with E-state index in [1.807, 2.05) is 50.5 Å². The molecule has 0 N–H and O–H groups in total. The molecule has 0 aliphatic rings. The number of pyridine rings is 1. The lowest BCUT2D eigenvalue weighted by molar-refractivity contribution is 0.0964. The van der Waals surface area contributed by atoms with Crippen LogP contribution in [0.5, 0.6) is 0 Å². The van der Waals surface area contributed by atoms with E-state index in [9.17, 15) is 4.79 Å². The number of hydrogen-bond acceptors (Lipinski definition) is 2. The summed E-state index contributed by atoms with van der Waals surface area (Å²) in [5.41, 5.74) is 8.46. The first-order chi connectivity index (χ1) is 14.0. The highest BCUT2D eigenvalue weighted by Gasteiger charge is 2.16. The van der Waals surface area contributed by atoms with Crippen LogP contribution in [-0.4, -0.2) is 15.5 Å². The second-order valence-corrected chi connectivity index (χ2v) is 7.60. The van der Waals surface area contributed by atoms with Crippen molar-refractivity contribution in [2.24, 2.45) is 0 Å². The van der Waals surface area contributed by atoms with E-state index in [1.54, 1.807) is 4.57 Å². The van der Waals surface area contributed by atoms with Crippen LogP contribution in [0.25, 0.3) is 22.2 Å². The van der Waals surface area contributed by atoms with E-state index in [4.69, 9.17) is 4.98 Å². The number of hydrogen-bond donors (Lipinski definition) is 0. The molecule has 0 aliphatic carbocycles. The van der Waals surface area contributed by atoms with Gasteiger partial charge >= 0.3 is 0 Å². The van der Waals surface area contributed by atoms with Crippen LogP contribution in [0.3, 0.4) is 0 Å². The Balaban J connectivity index is 1.82. The zero-order valence-electron chi connectivity index (χ0n) is 17.5. The van der Waals surface area contributed by atoms with Crippen LogP contribution < -0.4 is 0 Å². The molecule has 0 bridgehead atoms. The average molecular weight is 383 g/mol. The summed E-state index contributed by atoms with van der Waals surface area (Å²) in [5, 5.41) is 1.03. The predicted molar refractivity (Wildman–Crippen MR) is 120 cm³/mol. The minimum atomic E-state index is -0.0149. The first-order valence-electron chi connectivity index (χ1n) is 10.2. The number of aromatic nitrogens is 2. The van der Waals surface area contributed by atoms with Gasteiger partial charge in [0.15, 0.2) is 0 Å². The van der Waals surface area contributed by atoms with Gasteiger partial charge in [-0.2, -0.15) is 0 Å².